The first-order valence-corrected chi connectivity index (χ1v) is 7.49. The third kappa shape index (κ3) is 3.65. The second kappa shape index (κ2) is 6.64. The summed E-state index contributed by atoms with van der Waals surface area (Å²) >= 11 is 0. The molecule has 20 heavy (non-hydrogen) atoms. The molecule has 4 heteroatoms. The lowest BCUT2D eigenvalue weighted by Gasteiger charge is -2.29. The molecular formula is C16H24N2O2. The van der Waals surface area contributed by atoms with Crippen molar-refractivity contribution in [3.05, 3.63) is 23.8 Å². The van der Waals surface area contributed by atoms with Gasteiger partial charge in [-0.25, -0.2) is 4.79 Å². The molecule has 0 aromatic heterocycles. The number of hydrogen-bond donors (Lipinski definition) is 3. The van der Waals surface area contributed by atoms with Gasteiger partial charge in [0.05, 0.1) is 5.56 Å². The molecule has 1 aromatic rings. The molecule has 4 N–H and O–H groups in total. The van der Waals surface area contributed by atoms with Crippen LogP contribution >= 0.6 is 0 Å². The van der Waals surface area contributed by atoms with Crippen LogP contribution in [0.25, 0.3) is 0 Å². The minimum atomic E-state index is -0.974. The normalized spacial score (nSPS) is 22.4. The smallest absolute Gasteiger partial charge is 0.337 e. The summed E-state index contributed by atoms with van der Waals surface area (Å²) in [6, 6.07) is 5.61. The lowest BCUT2D eigenvalue weighted by atomic mass is 9.83. The number of nitrogens with two attached hydrogens (primary N) is 1. The first-order chi connectivity index (χ1) is 9.60. The zero-order chi connectivity index (χ0) is 14.5. The van der Waals surface area contributed by atoms with Crippen molar-refractivity contribution in [1.82, 2.24) is 0 Å². The maximum atomic E-state index is 11.1. The molecule has 1 saturated carbocycles. The van der Waals surface area contributed by atoms with Crippen molar-refractivity contribution < 1.29 is 9.90 Å². The van der Waals surface area contributed by atoms with E-state index in [0.29, 0.717) is 11.7 Å². The van der Waals surface area contributed by atoms with Gasteiger partial charge < -0.3 is 16.2 Å². The molecule has 0 amide bonds. The van der Waals surface area contributed by atoms with Crippen molar-refractivity contribution in [2.24, 2.45) is 5.92 Å². The van der Waals surface area contributed by atoms with Crippen LogP contribution in [0.1, 0.15) is 55.8 Å². The Labute approximate surface area is 120 Å². The van der Waals surface area contributed by atoms with Gasteiger partial charge in [-0.1, -0.05) is 19.8 Å². The molecule has 0 heterocycles. The summed E-state index contributed by atoms with van der Waals surface area (Å²) in [4.78, 5) is 11.1. The van der Waals surface area contributed by atoms with Crippen LogP contribution in [-0.4, -0.2) is 17.1 Å². The number of carboxylic acids is 1. The third-order valence-electron chi connectivity index (χ3n) is 4.20. The van der Waals surface area contributed by atoms with Gasteiger partial charge in [0, 0.05) is 17.4 Å². The first kappa shape index (κ1) is 14.7. The zero-order valence-electron chi connectivity index (χ0n) is 12.1. The molecular weight excluding hydrogens is 252 g/mol. The summed E-state index contributed by atoms with van der Waals surface area (Å²) in [7, 11) is 0. The van der Waals surface area contributed by atoms with Crippen LogP contribution in [0.2, 0.25) is 0 Å². The van der Waals surface area contributed by atoms with Gasteiger partial charge in [-0.2, -0.15) is 0 Å². The molecule has 0 bridgehead atoms. The van der Waals surface area contributed by atoms with Crippen molar-refractivity contribution in [2.75, 3.05) is 11.1 Å². The SMILES string of the molecule is CCCC1CCC(Nc2ccc(N)c(C(=O)O)c2)CC1. The fraction of sp³-hybridized carbons (Fsp3) is 0.562. The number of nitrogens with one attached hydrogen (secondary N) is 1. The minimum Gasteiger partial charge on any atom is -0.478 e. The Morgan fingerprint density at radius 3 is 2.65 bits per heavy atom. The highest BCUT2D eigenvalue weighted by atomic mass is 16.4. The second-order valence-electron chi connectivity index (χ2n) is 5.76. The molecule has 110 valence electrons. The van der Waals surface area contributed by atoms with E-state index in [9.17, 15) is 4.79 Å². The van der Waals surface area contributed by atoms with Crippen molar-refractivity contribution in [2.45, 2.75) is 51.5 Å². The van der Waals surface area contributed by atoms with Crippen molar-refractivity contribution in [1.29, 1.82) is 0 Å². The lowest BCUT2D eigenvalue weighted by molar-refractivity contribution is 0.0698. The largest absolute Gasteiger partial charge is 0.478 e. The first-order valence-electron chi connectivity index (χ1n) is 7.49. The van der Waals surface area contributed by atoms with Crippen LogP contribution < -0.4 is 11.1 Å². The zero-order valence-corrected chi connectivity index (χ0v) is 12.1. The van der Waals surface area contributed by atoms with E-state index in [0.717, 1.165) is 24.4 Å². The maximum Gasteiger partial charge on any atom is 0.337 e. The molecule has 0 saturated heterocycles. The van der Waals surface area contributed by atoms with E-state index in [2.05, 4.69) is 12.2 Å². The van der Waals surface area contributed by atoms with Crippen LogP contribution in [-0.2, 0) is 0 Å². The molecule has 4 nitrogen and oxygen atoms in total. The van der Waals surface area contributed by atoms with Crippen LogP contribution in [0.5, 0.6) is 0 Å². The van der Waals surface area contributed by atoms with E-state index in [1.54, 1.807) is 12.1 Å². The van der Waals surface area contributed by atoms with Gasteiger partial charge in [0.1, 0.15) is 0 Å². The van der Waals surface area contributed by atoms with Crippen molar-refractivity contribution in [3.63, 3.8) is 0 Å². The van der Waals surface area contributed by atoms with Gasteiger partial charge >= 0.3 is 5.97 Å². The third-order valence-corrected chi connectivity index (χ3v) is 4.20. The summed E-state index contributed by atoms with van der Waals surface area (Å²) in [6.45, 7) is 2.24. The Bertz CT molecular complexity index is 466. The van der Waals surface area contributed by atoms with Gasteiger partial charge in [0.2, 0.25) is 0 Å². The number of anilines is 2. The number of rotatable bonds is 5. The van der Waals surface area contributed by atoms with E-state index in [4.69, 9.17) is 10.8 Å². The standard InChI is InChI=1S/C16H24N2O2/c1-2-3-11-4-6-12(7-5-11)18-13-8-9-15(17)14(10-13)16(19)20/h8-12,18H,2-7,17H2,1H3,(H,19,20). The predicted octanol–water partition coefficient (Wildman–Crippen LogP) is 3.74. The molecule has 0 unspecified atom stereocenters. The highest BCUT2D eigenvalue weighted by Crippen LogP contribution is 2.30. The lowest BCUT2D eigenvalue weighted by Crippen LogP contribution is -2.26. The van der Waals surface area contributed by atoms with Crippen molar-refractivity contribution >= 4 is 17.3 Å². The van der Waals surface area contributed by atoms with Crippen LogP contribution in [0, 0.1) is 5.92 Å². The Kier molecular flexibility index (Phi) is 4.88. The number of aromatic carboxylic acids is 1. The van der Waals surface area contributed by atoms with Gasteiger partial charge in [-0.05, 0) is 49.8 Å². The van der Waals surface area contributed by atoms with E-state index < -0.39 is 5.97 Å². The van der Waals surface area contributed by atoms with Gasteiger partial charge in [-0.3, -0.25) is 0 Å². The highest BCUT2D eigenvalue weighted by Gasteiger charge is 2.20. The maximum absolute atomic E-state index is 11.1. The fourth-order valence-electron chi connectivity index (χ4n) is 3.07. The highest BCUT2D eigenvalue weighted by molar-refractivity contribution is 5.94. The number of hydrogen-bond acceptors (Lipinski definition) is 3. The van der Waals surface area contributed by atoms with E-state index in [-0.39, 0.29) is 5.56 Å². The Hall–Kier alpha value is -1.71. The molecule has 2 rings (SSSR count). The Morgan fingerprint density at radius 1 is 1.35 bits per heavy atom. The fourth-order valence-corrected chi connectivity index (χ4v) is 3.07. The second-order valence-corrected chi connectivity index (χ2v) is 5.76. The summed E-state index contributed by atoms with van der Waals surface area (Å²) in [5.41, 5.74) is 7.01. The summed E-state index contributed by atoms with van der Waals surface area (Å²) < 4.78 is 0. The quantitative estimate of drug-likeness (QED) is 0.716. The molecule has 0 radical (unpaired) electrons. The van der Waals surface area contributed by atoms with Crippen molar-refractivity contribution in [3.8, 4) is 0 Å². The monoisotopic (exact) mass is 276 g/mol. The Balaban J connectivity index is 1.94. The van der Waals surface area contributed by atoms with E-state index in [1.165, 1.54) is 25.7 Å². The van der Waals surface area contributed by atoms with Gasteiger partial charge in [0.15, 0.2) is 0 Å². The summed E-state index contributed by atoms with van der Waals surface area (Å²) in [5.74, 6) is -0.100. The molecule has 0 aliphatic heterocycles. The molecule has 1 aliphatic carbocycles. The average molecular weight is 276 g/mol. The van der Waals surface area contributed by atoms with Crippen LogP contribution in [0.3, 0.4) is 0 Å². The van der Waals surface area contributed by atoms with Gasteiger partial charge in [-0.15, -0.1) is 0 Å². The molecule has 1 aromatic carbocycles. The minimum absolute atomic E-state index is 0.176. The molecule has 1 aliphatic rings. The molecule has 1 fully saturated rings. The summed E-state index contributed by atoms with van der Waals surface area (Å²) in [6.07, 6.45) is 7.47. The van der Waals surface area contributed by atoms with E-state index >= 15 is 0 Å². The van der Waals surface area contributed by atoms with Gasteiger partial charge in [0.25, 0.3) is 0 Å². The topological polar surface area (TPSA) is 75.3 Å². The Morgan fingerprint density at radius 2 is 2.05 bits per heavy atom. The number of nitrogen functional groups attached to an aromatic ring is 1. The van der Waals surface area contributed by atoms with E-state index in [1.807, 2.05) is 6.07 Å². The van der Waals surface area contributed by atoms with Crippen LogP contribution in [0.15, 0.2) is 18.2 Å². The van der Waals surface area contributed by atoms with Crippen LogP contribution in [0.4, 0.5) is 11.4 Å². The average Bonchev–Trinajstić information content (AvgIpc) is 2.43. The molecule has 0 spiro atoms. The number of carbonyl (C=O) groups is 1. The number of benzene rings is 1. The predicted molar refractivity (Wildman–Crippen MR) is 82.1 cm³/mol. The molecule has 0 atom stereocenters. The number of carboxylic acid groups (broad SMARTS) is 1. The summed E-state index contributed by atoms with van der Waals surface area (Å²) in [5, 5.41) is 12.5.